The van der Waals surface area contributed by atoms with Crippen molar-refractivity contribution in [3.05, 3.63) is 29.8 Å². The van der Waals surface area contributed by atoms with Gasteiger partial charge in [-0.1, -0.05) is 27.7 Å². The molecule has 0 spiro atoms. The quantitative estimate of drug-likeness (QED) is 0.495. The maximum Gasteiger partial charge on any atom is 0.251 e. The molecular weight excluding hydrogens is 470 g/mol. The first-order valence-electron chi connectivity index (χ1n) is 13.4. The molecule has 1 unspecified atom stereocenters. The zero-order chi connectivity index (χ0) is 27.4. The molecule has 0 aromatic heterocycles. The Morgan fingerprint density at radius 2 is 1.65 bits per heavy atom. The number of benzene rings is 1. The normalized spacial score (nSPS) is 20.8. The van der Waals surface area contributed by atoms with Crippen molar-refractivity contribution in [3.8, 4) is 0 Å². The van der Waals surface area contributed by atoms with Crippen molar-refractivity contribution in [2.24, 2.45) is 17.6 Å². The van der Waals surface area contributed by atoms with Gasteiger partial charge >= 0.3 is 0 Å². The van der Waals surface area contributed by atoms with E-state index in [1.54, 1.807) is 21.9 Å². The van der Waals surface area contributed by atoms with Crippen LogP contribution >= 0.6 is 0 Å². The van der Waals surface area contributed by atoms with Crippen molar-refractivity contribution >= 4 is 29.2 Å². The third-order valence-electron chi connectivity index (χ3n) is 7.32. The number of amides is 3. The third-order valence-corrected chi connectivity index (χ3v) is 7.32. The number of hydrogen-bond donors (Lipinski definition) is 2. The Hall–Kier alpha value is -2.94. The molecule has 37 heavy (non-hydrogen) atoms. The minimum Gasteiger partial charge on any atom is -0.378 e. The summed E-state index contributed by atoms with van der Waals surface area (Å²) < 4.78 is 0. The van der Waals surface area contributed by atoms with Crippen LogP contribution in [0.25, 0.3) is 0 Å². The lowest BCUT2D eigenvalue weighted by molar-refractivity contribution is -0.138. The monoisotopic (exact) mass is 513 g/mol. The summed E-state index contributed by atoms with van der Waals surface area (Å²) in [5.41, 5.74) is 7.61. The highest BCUT2D eigenvalue weighted by Gasteiger charge is 2.52. The van der Waals surface area contributed by atoms with Crippen LogP contribution in [0.3, 0.4) is 0 Å². The van der Waals surface area contributed by atoms with Gasteiger partial charge in [-0.15, -0.1) is 0 Å². The Balaban J connectivity index is 1.72. The van der Waals surface area contributed by atoms with Gasteiger partial charge in [0.2, 0.25) is 11.8 Å². The predicted molar refractivity (Wildman–Crippen MR) is 144 cm³/mol. The van der Waals surface area contributed by atoms with Crippen LogP contribution in [0, 0.1) is 11.8 Å². The summed E-state index contributed by atoms with van der Waals surface area (Å²) in [5, 5.41) is 2.91. The van der Waals surface area contributed by atoms with E-state index in [0.29, 0.717) is 37.3 Å². The number of anilines is 1. The van der Waals surface area contributed by atoms with Gasteiger partial charge in [-0.05, 0) is 61.8 Å². The Morgan fingerprint density at radius 3 is 2.22 bits per heavy atom. The number of nitrogens with two attached hydrogens (primary N) is 1. The summed E-state index contributed by atoms with van der Waals surface area (Å²) >= 11 is 0. The number of likely N-dealkylation sites (tertiary alicyclic amines) is 2. The summed E-state index contributed by atoms with van der Waals surface area (Å²) in [5.74, 6) is -0.374. The fraction of sp³-hybridized carbons (Fsp3) is 0.643. The number of ketones is 1. The van der Waals surface area contributed by atoms with Crippen molar-refractivity contribution in [1.29, 1.82) is 0 Å². The molecule has 2 saturated heterocycles. The Kier molecular flexibility index (Phi) is 9.34. The molecule has 0 bridgehead atoms. The van der Waals surface area contributed by atoms with E-state index in [1.165, 1.54) is 0 Å². The molecule has 9 nitrogen and oxygen atoms in total. The number of nitrogens with one attached hydrogen (secondary N) is 1. The second-order valence-corrected chi connectivity index (χ2v) is 11.4. The van der Waals surface area contributed by atoms with Crippen molar-refractivity contribution in [1.82, 2.24) is 15.1 Å². The summed E-state index contributed by atoms with van der Waals surface area (Å²) in [7, 11) is 3.85. The van der Waals surface area contributed by atoms with E-state index in [0.717, 1.165) is 12.1 Å². The molecule has 3 rings (SSSR count). The van der Waals surface area contributed by atoms with Crippen LogP contribution in [0.15, 0.2) is 24.3 Å². The maximum absolute atomic E-state index is 13.7. The second kappa shape index (κ2) is 12.1. The molecule has 0 saturated carbocycles. The van der Waals surface area contributed by atoms with E-state index in [9.17, 15) is 19.2 Å². The Bertz CT molecular complexity index is 991. The van der Waals surface area contributed by atoms with E-state index in [2.05, 4.69) is 19.2 Å². The number of hydrogen-bond acceptors (Lipinski definition) is 6. The fourth-order valence-corrected chi connectivity index (χ4v) is 5.25. The van der Waals surface area contributed by atoms with Gasteiger partial charge in [-0.3, -0.25) is 19.2 Å². The van der Waals surface area contributed by atoms with Crippen molar-refractivity contribution in [2.45, 2.75) is 77.5 Å². The lowest BCUT2D eigenvalue weighted by Crippen LogP contribution is -2.53. The van der Waals surface area contributed by atoms with Crippen molar-refractivity contribution in [2.75, 3.05) is 32.1 Å². The number of Topliss-reactive ketones (excluding diaryl/α,β-unsaturated/α-hetero) is 1. The van der Waals surface area contributed by atoms with Gasteiger partial charge in [0.25, 0.3) is 5.91 Å². The third kappa shape index (κ3) is 6.69. The van der Waals surface area contributed by atoms with Crippen LogP contribution in [0.1, 0.15) is 63.7 Å². The number of nitrogens with zero attached hydrogens (tertiary/aromatic N) is 3. The SMILES string of the molecule is CC(C)CC[C@H](N)C(=O)N1CC(=O)[C@@H]2C1CCN2C(=O)[C@H](CC(C)C)NC(=O)c1ccc(N(C)C)cc1. The van der Waals surface area contributed by atoms with Gasteiger partial charge in [0.1, 0.15) is 12.1 Å². The van der Waals surface area contributed by atoms with Crippen LogP contribution < -0.4 is 16.0 Å². The van der Waals surface area contributed by atoms with Gasteiger partial charge in [0, 0.05) is 31.9 Å². The van der Waals surface area contributed by atoms with Crippen LogP contribution in [-0.2, 0) is 14.4 Å². The number of rotatable bonds is 10. The first-order valence-corrected chi connectivity index (χ1v) is 13.4. The molecule has 2 aliphatic heterocycles. The summed E-state index contributed by atoms with van der Waals surface area (Å²) in [4.78, 5) is 57.9. The lowest BCUT2D eigenvalue weighted by Gasteiger charge is -2.29. The smallest absolute Gasteiger partial charge is 0.251 e. The number of carbonyl (C=O) groups excluding carboxylic acids is 4. The van der Waals surface area contributed by atoms with Gasteiger partial charge in [-0.25, -0.2) is 0 Å². The number of fused-ring (bicyclic) bond motifs is 1. The van der Waals surface area contributed by atoms with E-state index < -0.39 is 18.1 Å². The lowest BCUT2D eigenvalue weighted by atomic mass is 10.0. The standard InChI is InChI=1S/C28H43N5O4/c1-17(2)7-12-21(29)27(36)33-16-24(34)25-23(33)13-14-32(25)28(37)22(15-18(3)4)30-26(35)19-8-10-20(11-9-19)31(5)6/h8-11,17-18,21-23,25H,7,12-16,29H2,1-6H3,(H,30,35)/t21-,22-,23?,25-/m0/s1. The molecule has 1 aromatic carbocycles. The summed E-state index contributed by atoms with van der Waals surface area (Å²) in [6.07, 6.45) is 2.38. The average molecular weight is 514 g/mol. The molecule has 2 heterocycles. The van der Waals surface area contributed by atoms with Gasteiger partial charge in [-0.2, -0.15) is 0 Å². The van der Waals surface area contributed by atoms with Crippen molar-refractivity contribution in [3.63, 3.8) is 0 Å². The zero-order valence-corrected chi connectivity index (χ0v) is 23.1. The van der Waals surface area contributed by atoms with E-state index in [4.69, 9.17) is 5.73 Å². The molecule has 0 aliphatic carbocycles. The van der Waals surface area contributed by atoms with Crippen molar-refractivity contribution < 1.29 is 19.2 Å². The van der Waals surface area contributed by atoms with Gasteiger partial charge in [0.15, 0.2) is 5.78 Å². The molecular formula is C28H43N5O4. The van der Waals surface area contributed by atoms with Crippen LogP contribution in [0.4, 0.5) is 5.69 Å². The molecule has 3 amide bonds. The molecule has 2 aliphatic rings. The topological polar surface area (TPSA) is 116 Å². The molecule has 1 aromatic rings. The Labute approximate surface area is 220 Å². The molecule has 4 atom stereocenters. The van der Waals surface area contributed by atoms with Gasteiger partial charge < -0.3 is 25.8 Å². The highest BCUT2D eigenvalue weighted by molar-refractivity contribution is 6.01. The molecule has 2 fully saturated rings. The van der Waals surface area contributed by atoms with Crippen LogP contribution in [0.2, 0.25) is 0 Å². The summed E-state index contributed by atoms with van der Waals surface area (Å²) in [6, 6.07) is 4.74. The molecule has 3 N–H and O–H groups in total. The molecule has 204 valence electrons. The van der Waals surface area contributed by atoms with E-state index in [-0.39, 0.29) is 42.0 Å². The predicted octanol–water partition coefficient (Wildman–Crippen LogP) is 2.04. The highest BCUT2D eigenvalue weighted by Crippen LogP contribution is 2.31. The largest absolute Gasteiger partial charge is 0.378 e. The Morgan fingerprint density at radius 1 is 1.00 bits per heavy atom. The molecule has 9 heteroatoms. The zero-order valence-electron chi connectivity index (χ0n) is 23.1. The van der Waals surface area contributed by atoms with Crippen LogP contribution in [-0.4, -0.2) is 84.7 Å². The maximum atomic E-state index is 13.7. The highest BCUT2D eigenvalue weighted by atomic mass is 16.2. The van der Waals surface area contributed by atoms with E-state index >= 15 is 0 Å². The van der Waals surface area contributed by atoms with E-state index in [1.807, 2.05) is 45.0 Å². The second-order valence-electron chi connectivity index (χ2n) is 11.4. The number of carbonyl (C=O) groups is 4. The fourth-order valence-electron chi connectivity index (χ4n) is 5.25. The first-order chi connectivity index (χ1) is 17.4. The summed E-state index contributed by atoms with van der Waals surface area (Å²) in [6.45, 7) is 8.49. The average Bonchev–Trinajstić information content (AvgIpc) is 3.42. The minimum absolute atomic E-state index is 0.0211. The molecule has 0 radical (unpaired) electrons. The van der Waals surface area contributed by atoms with Gasteiger partial charge in [0.05, 0.1) is 18.6 Å². The van der Waals surface area contributed by atoms with Crippen LogP contribution in [0.5, 0.6) is 0 Å². The minimum atomic E-state index is -0.759. The first kappa shape index (κ1) is 28.6.